The van der Waals surface area contributed by atoms with E-state index in [9.17, 15) is 22.8 Å². The normalized spacial score (nSPS) is 17.1. The van der Waals surface area contributed by atoms with Crippen LogP contribution in [0.1, 0.15) is 24.3 Å². The van der Waals surface area contributed by atoms with Crippen molar-refractivity contribution in [1.29, 1.82) is 0 Å². The van der Waals surface area contributed by atoms with E-state index < -0.39 is 17.8 Å². The minimum atomic E-state index is -4.48. The first-order valence-electron chi connectivity index (χ1n) is 8.88. The summed E-state index contributed by atoms with van der Waals surface area (Å²) in [4.78, 5) is 33.3. The Morgan fingerprint density at radius 1 is 1.28 bits per heavy atom. The molecule has 0 spiro atoms. The van der Waals surface area contributed by atoms with Crippen molar-refractivity contribution in [3.8, 4) is 11.3 Å². The summed E-state index contributed by atoms with van der Waals surface area (Å²) in [5.74, 6) is -0.595. The maximum Gasteiger partial charge on any atom is 0.416 e. The highest BCUT2D eigenvalue weighted by Crippen LogP contribution is 2.34. The molecule has 0 bridgehead atoms. The average molecular weight is 408 g/mol. The molecule has 2 amide bonds. The first-order valence-corrected chi connectivity index (χ1v) is 8.88. The maximum absolute atomic E-state index is 13.1. The number of amides is 2. The van der Waals surface area contributed by atoms with Crippen LogP contribution in [-0.4, -0.2) is 52.9 Å². The summed E-state index contributed by atoms with van der Waals surface area (Å²) in [7, 11) is 0. The van der Waals surface area contributed by atoms with E-state index in [0.717, 1.165) is 12.1 Å². The fourth-order valence-electron chi connectivity index (χ4n) is 3.00. The number of aromatic nitrogens is 2. The van der Waals surface area contributed by atoms with E-state index in [1.54, 1.807) is 0 Å². The van der Waals surface area contributed by atoms with Crippen LogP contribution in [0.2, 0.25) is 0 Å². The fourth-order valence-corrected chi connectivity index (χ4v) is 3.00. The zero-order valence-corrected chi connectivity index (χ0v) is 15.6. The summed E-state index contributed by atoms with van der Waals surface area (Å²) < 4.78 is 44.9. The minimum Gasteiger partial charge on any atom is -0.368 e. The number of ether oxygens (including phenoxy) is 1. The Bertz CT molecular complexity index is 904. The first kappa shape index (κ1) is 20.7. The molecule has 7 nitrogen and oxygen atoms in total. The summed E-state index contributed by atoms with van der Waals surface area (Å²) in [6, 6.07) is 4.82. The fraction of sp³-hybridized carbons (Fsp3) is 0.368. The lowest BCUT2D eigenvalue weighted by molar-refractivity contribution is -0.139. The van der Waals surface area contributed by atoms with Crippen LogP contribution in [0, 0.1) is 0 Å². The lowest BCUT2D eigenvalue weighted by Gasteiger charge is -2.33. The number of nitrogens with one attached hydrogen (secondary N) is 1. The SMILES string of the molecule is CC(=O)NCC(=O)N1CCO[C@H](c2nccnc2-c2cccc(C(F)(F)F)c2)C1. The van der Waals surface area contributed by atoms with Gasteiger partial charge in [0.1, 0.15) is 6.10 Å². The number of carbonyl (C=O) groups excluding carboxylic acids is 2. The topological polar surface area (TPSA) is 84.4 Å². The molecule has 10 heteroatoms. The van der Waals surface area contributed by atoms with Crippen molar-refractivity contribution in [2.24, 2.45) is 0 Å². The van der Waals surface area contributed by atoms with Crippen LogP contribution in [0.4, 0.5) is 13.2 Å². The van der Waals surface area contributed by atoms with E-state index in [1.165, 1.54) is 36.4 Å². The van der Waals surface area contributed by atoms with Crippen LogP contribution >= 0.6 is 0 Å². The number of carbonyl (C=O) groups is 2. The zero-order valence-electron chi connectivity index (χ0n) is 15.6. The minimum absolute atomic E-state index is 0.136. The molecule has 2 aromatic rings. The number of hydrogen-bond acceptors (Lipinski definition) is 5. The molecule has 1 N–H and O–H groups in total. The molecule has 2 heterocycles. The Kier molecular flexibility index (Phi) is 6.12. The highest BCUT2D eigenvalue weighted by Gasteiger charge is 2.32. The van der Waals surface area contributed by atoms with Gasteiger partial charge in [0.25, 0.3) is 0 Å². The molecule has 29 heavy (non-hydrogen) atoms. The average Bonchev–Trinajstić information content (AvgIpc) is 2.71. The molecule has 1 aromatic heterocycles. The van der Waals surface area contributed by atoms with Gasteiger partial charge in [-0.25, -0.2) is 0 Å². The van der Waals surface area contributed by atoms with Crippen molar-refractivity contribution < 1.29 is 27.5 Å². The van der Waals surface area contributed by atoms with Gasteiger partial charge in [-0.15, -0.1) is 0 Å². The van der Waals surface area contributed by atoms with Gasteiger partial charge < -0.3 is 15.0 Å². The second-order valence-corrected chi connectivity index (χ2v) is 6.48. The zero-order chi connectivity index (χ0) is 21.0. The predicted octanol–water partition coefficient (Wildman–Crippen LogP) is 2.20. The lowest BCUT2D eigenvalue weighted by atomic mass is 10.0. The third-order valence-corrected chi connectivity index (χ3v) is 4.40. The highest BCUT2D eigenvalue weighted by atomic mass is 19.4. The highest BCUT2D eigenvalue weighted by molar-refractivity contribution is 5.83. The summed E-state index contributed by atoms with van der Waals surface area (Å²) in [5, 5.41) is 2.45. The van der Waals surface area contributed by atoms with Gasteiger partial charge in [0.2, 0.25) is 11.8 Å². The number of halogens is 3. The van der Waals surface area contributed by atoms with Crippen LogP contribution in [0.5, 0.6) is 0 Å². The van der Waals surface area contributed by atoms with Gasteiger partial charge in [-0.2, -0.15) is 13.2 Å². The molecule has 0 radical (unpaired) electrons. The Hall–Kier alpha value is -3.01. The summed E-state index contributed by atoms with van der Waals surface area (Å²) in [6.45, 7) is 1.91. The molecule has 3 rings (SSSR count). The Balaban J connectivity index is 1.85. The number of nitrogens with zero attached hydrogens (tertiary/aromatic N) is 3. The predicted molar refractivity (Wildman–Crippen MR) is 96.4 cm³/mol. The van der Waals surface area contributed by atoms with Crippen molar-refractivity contribution in [1.82, 2.24) is 20.2 Å². The Labute approximate surface area is 164 Å². The molecular weight excluding hydrogens is 389 g/mol. The molecule has 1 aliphatic rings. The molecule has 154 valence electrons. The van der Waals surface area contributed by atoms with E-state index in [0.29, 0.717) is 12.2 Å². The number of morpholine rings is 1. The monoisotopic (exact) mass is 408 g/mol. The van der Waals surface area contributed by atoms with Crippen LogP contribution < -0.4 is 5.32 Å². The van der Waals surface area contributed by atoms with Gasteiger partial charge >= 0.3 is 6.18 Å². The third kappa shape index (κ3) is 5.08. The van der Waals surface area contributed by atoms with Crippen molar-refractivity contribution in [3.05, 3.63) is 47.9 Å². The third-order valence-electron chi connectivity index (χ3n) is 4.40. The summed E-state index contributed by atoms with van der Waals surface area (Å²) in [5.41, 5.74) is 0.0834. The molecule has 0 saturated carbocycles. The van der Waals surface area contributed by atoms with Gasteiger partial charge in [0.15, 0.2) is 0 Å². The molecule has 1 aliphatic heterocycles. The van der Waals surface area contributed by atoms with Gasteiger partial charge in [-0.3, -0.25) is 19.6 Å². The molecule has 1 saturated heterocycles. The van der Waals surface area contributed by atoms with E-state index in [4.69, 9.17) is 4.74 Å². The Morgan fingerprint density at radius 2 is 2.03 bits per heavy atom. The lowest BCUT2D eigenvalue weighted by Crippen LogP contribution is -2.46. The van der Waals surface area contributed by atoms with Crippen LogP contribution in [0.25, 0.3) is 11.3 Å². The van der Waals surface area contributed by atoms with Crippen LogP contribution in [0.15, 0.2) is 36.7 Å². The first-order chi connectivity index (χ1) is 13.8. The van der Waals surface area contributed by atoms with Gasteiger partial charge in [-0.05, 0) is 12.1 Å². The summed E-state index contributed by atoms with van der Waals surface area (Å²) in [6.07, 6.45) is -2.31. The van der Waals surface area contributed by atoms with E-state index in [1.807, 2.05) is 0 Å². The molecular formula is C19H19F3N4O3. The smallest absolute Gasteiger partial charge is 0.368 e. The molecule has 1 fully saturated rings. The van der Waals surface area contributed by atoms with Crippen molar-refractivity contribution in [3.63, 3.8) is 0 Å². The van der Waals surface area contributed by atoms with Crippen molar-refractivity contribution >= 4 is 11.8 Å². The van der Waals surface area contributed by atoms with Crippen LogP contribution in [-0.2, 0) is 20.5 Å². The van der Waals surface area contributed by atoms with Gasteiger partial charge in [0, 0.05) is 31.4 Å². The maximum atomic E-state index is 13.1. The van der Waals surface area contributed by atoms with Crippen molar-refractivity contribution in [2.45, 2.75) is 19.2 Å². The van der Waals surface area contributed by atoms with E-state index in [2.05, 4.69) is 15.3 Å². The molecule has 0 unspecified atom stereocenters. The molecule has 1 atom stereocenters. The quantitative estimate of drug-likeness (QED) is 0.839. The second-order valence-electron chi connectivity index (χ2n) is 6.48. The van der Waals surface area contributed by atoms with Gasteiger partial charge in [-0.1, -0.05) is 12.1 Å². The van der Waals surface area contributed by atoms with E-state index in [-0.39, 0.29) is 42.8 Å². The summed E-state index contributed by atoms with van der Waals surface area (Å²) >= 11 is 0. The standard InChI is InChI=1S/C19H19F3N4O3/c1-12(27)25-10-16(28)26-7-8-29-15(11-26)18-17(23-5-6-24-18)13-3-2-4-14(9-13)19(20,21)22/h2-6,9,15H,7-8,10-11H2,1H3,(H,25,27)/t15-/m0/s1. The number of alkyl halides is 3. The van der Waals surface area contributed by atoms with Gasteiger partial charge in [0.05, 0.1) is 36.6 Å². The van der Waals surface area contributed by atoms with E-state index >= 15 is 0 Å². The molecule has 0 aliphatic carbocycles. The van der Waals surface area contributed by atoms with Crippen LogP contribution in [0.3, 0.4) is 0 Å². The Morgan fingerprint density at radius 3 is 2.76 bits per heavy atom. The largest absolute Gasteiger partial charge is 0.416 e. The number of rotatable bonds is 4. The number of benzene rings is 1. The second kappa shape index (κ2) is 8.56. The number of hydrogen-bond donors (Lipinski definition) is 1. The van der Waals surface area contributed by atoms with Crippen molar-refractivity contribution in [2.75, 3.05) is 26.2 Å². The molecule has 1 aromatic carbocycles.